The summed E-state index contributed by atoms with van der Waals surface area (Å²) in [6.45, 7) is 6.30. The summed E-state index contributed by atoms with van der Waals surface area (Å²) >= 11 is 0. The quantitative estimate of drug-likeness (QED) is 0.832. The molecule has 0 heterocycles. The van der Waals surface area contributed by atoms with E-state index in [4.69, 9.17) is 0 Å². The van der Waals surface area contributed by atoms with E-state index in [-0.39, 0.29) is 5.91 Å². The van der Waals surface area contributed by atoms with Crippen LogP contribution in [0.4, 0.5) is 0 Å². The van der Waals surface area contributed by atoms with Crippen molar-refractivity contribution in [3.63, 3.8) is 0 Å². The van der Waals surface area contributed by atoms with Gasteiger partial charge in [-0.15, -0.1) is 0 Å². The molecule has 2 rings (SSSR count). The molecule has 2 unspecified atom stereocenters. The molecule has 2 atom stereocenters. The Morgan fingerprint density at radius 2 is 2.06 bits per heavy atom. The first-order valence-electron chi connectivity index (χ1n) is 6.44. The summed E-state index contributed by atoms with van der Waals surface area (Å²) in [6.07, 6.45) is 3.48. The number of carbonyl (C=O) groups excluding carboxylic acids is 1. The second-order valence-electron chi connectivity index (χ2n) is 5.41. The van der Waals surface area contributed by atoms with Gasteiger partial charge < -0.3 is 5.32 Å². The van der Waals surface area contributed by atoms with Gasteiger partial charge in [-0.3, -0.25) is 4.79 Å². The highest BCUT2D eigenvalue weighted by Gasteiger charge is 2.23. The molecule has 0 spiro atoms. The van der Waals surface area contributed by atoms with Crippen molar-refractivity contribution >= 4 is 5.91 Å². The maximum absolute atomic E-state index is 12.1. The van der Waals surface area contributed by atoms with Crippen LogP contribution in [0.2, 0.25) is 0 Å². The maximum atomic E-state index is 12.1. The van der Waals surface area contributed by atoms with Gasteiger partial charge >= 0.3 is 0 Å². The van der Waals surface area contributed by atoms with Crippen LogP contribution in [-0.4, -0.2) is 11.9 Å². The van der Waals surface area contributed by atoms with Crippen LogP contribution in [-0.2, 0) is 0 Å². The van der Waals surface area contributed by atoms with Crippen LogP contribution in [0, 0.1) is 19.8 Å². The normalized spacial score (nSPS) is 23.7. The van der Waals surface area contributed by atoms with Crippen molar-refractivity contribution in [2.24, 2.45) is 5.92 Å². The van der Waals surface area contributed by atoms with E-state index in [1.54, 1.807) is 0 Å². The van der Waals surface area contributed by atoms with Gasteiger partial charge in [0.05, 0.1) is 0 Å². The van der Waals surface area contributed by atoms with E-state index in [0.717, 1.165) is 29.9 Å². The Morgan fingerprint density at radius 3 is 2.65 bits per heavy atom. The van der Waals surface area contributed by atoms with Crippen LogP contribution in [0.5, 0.6) is 0 Å². The van der Waals surface area contributed by atoms with Gasteiger partial charge in [-0.2, -0.15) is 0 Å². The third kappa shape index (κ3) is 2.87. The number of hydrogen-bond donors (Lipinski definition) is 1. The van der Waals surface area contributed by atoms with Crippen LogP contribution in [0.1, 0.15) is 47.7 Å². The Bertz CT molecular complexity index is 425. The van der Waals surface area contributed by atoms with E-state index in [1.165, 1.54) is 12.0 Å². The van der Waals surface area contributed by atoms with E-state index in [2.05, 4.69) is 18.3 Å². The van der Waals surface area contributed by atoms with Gasteiger partial charge in [-0.05, 0) is 50.7 Å². The van der Waals surface area contributed by atoms with Gasteiger partial charge in [0.2, 0.25) is 0 Å². The fourth-order valence-corrected chi connectivity index (χ4v) is 2.67. The zero-order valence-electron chi connectivity index (χ0n) is 10.9. The molecular formula is C15H21NO. The highest BCUT2D eigenvalue weighted by Crippen LogP contribution is 2.25. The molecule has 0 radical (unpaired) electrons. The second-order valence-corrected chi connectivity index (χ2v) is 5.41. The lowest BCUT2D eigenvalue weighted by Gasteiger charge is -2.14. The van der Waals surface area contributed by atoms with E-state index < -0.39 is 0 Å². The third-order valence-corrected chi connectivity index (χ3v) is 3.66. The molecule has 17 heavy (non-hydrogen) atoms. The van der Waals surface area contributed by atoms with Gasteiger partial charge in [0.1, 0.15) is 0 Å². The van der Waals surface area contributed by atoms with Crippen LogP contribution in [0.3, 0.4) is 0 Å². The van der Waals surface area contributed by atoms with Crippen molar-refractivity contribution in [1.82, 2.24) is 5.32 Å². The average molecular weight is 231 g/mol. The number of aryl methyl sites for hydroxylation is 2. The van der Waals surface area contributed by atoms with Gasteiger partial charge in [0.25, 0.3) is 5.91 Å². The topological polar surface area (TPSA) is 29.1 Å². The van der Waals surface area contributed by atoms with Crippen molar-refractivity contribution in [1.29, 1.82) is 0 Å². The summed E-state index contributed by atoms with van der Waals surface area (Å²) in [5, 5.41) is 3.15. The van der Waals surface area contributed by atoms with Gasteiger partial charge in [0.15, 0.2) is 0 Å². The summed E-state index contributed by atoms with van der Waals surface area (Å²) < 4.78 is 0. The molecule has 1 N–H and O–H groups in total. The number of hydrogen-bond acceptors (Lipinski definition) is 1. The first kappa shape index (κ1) is 12.2. The number of nitrogens with one attached hydrogen (secondary N) is 1. The number of amides is 1. The predicted molar refractivity (Wildman–Crippen MR) is 70.2 cm³/mol. The molecule has 92 valence electrons. The van der Waals surface area contributed by atoms with E-state index in [0.29, 0.717) is 6.04 Å². The summed E-state index contributed by atoms with van der Waals surface area (Å²) in [5.74, 6) is 0.834. The van der Waals surface area contributed by atoms with Crippen molar-refractivity contribution in [2.75, 3.05) is 0 Å². The van der Waals surface area contributed by atoms with Crippen molar-refractivity contribution in [2.45, 2.75) is 46.1 Å². The van der Waals surface area contributed by atoms with Crippen LogP contribution < -0.4 is 5.32 Å². The molecule has 1 aliphatic rings. The van der Waals surface area contributed by atoms with Gasteiger partial charge in [-0.25, -0.2) is 0 Å². The lowest BCUT2D eigenvalue weighted by atomic mass is 10.0. The van der Waals surface area contributed by atoms with Gasteiger partial charge in [-0.1, -0.05) is 24.6 Å². The largest absolute Gasteiger partial charge is 0.349 e. The molecule has 0 aliphatic heterocycles. The Morgan fingerprint density at radius 1 is 1.29 bits per heavy atom. The molecule has 1 aliphatic carbocycles. The number of benzene rings is 1. The van der Waals surface area contributed by atoms with Crippen molar-refractivity contribution < 1.29 is 4.79 Å². The van der Waals surface area contributed by atoms with Crippen LogP contribution in [0.25, 0.3) is 0 Å². The summed E-state index contributed by atoms with van der Waals surface area (Å²) in [7, 11) is 0. The second kappa shape index (κ2) is 4.91. The van der Waals surface area contributed by atoms with E-state index in [1.807, 2.05) is 26.0 Å². The molecule has 2 nitrogen and oxygen atoms in total. The number of carbonyl (C=O) groups is 1. The van der Waals surface area contributed by atoms with E-state index >= 15 is 0 Å². The Labute approximate surface area is 103 Å². The Balaban J connectivity index is 2.04. The Kier molecular flexibility index (Phi) is 3.51. The summed E-state index contributed by atoms with van der Waals surface area (Å²) in [5.41, 5.74) is 3.08. The minimum absolute atomic E-state index is 0.0848. The summed E-state index contributed by atoms with van der Waals surface area (Å²) in [4.78, 5) is 12.1. The fraction of sp³-hybridized carbons (Fsp3) is 0.533. The third-order valence-electron chi connectivity index (χ3n) is 3.66. The zero-order chi connectivity index (χ0) is 12.4. The molecule has 1 saturated carbocycles. The monoisotopic (exact) mass is 231 g/mol. The molecule has 1 amide bonds. The zero-order valence-corrected chi connectivity index (χ0v) is 10.9. The highest BCUT2D eigenvalue weighted by molar-refractivity contribution is 5.95. The first-order valence-corrected chi connectivity index (χ1v) is 6.44. The van der Waals surface area contributed by atoms with Crippen LogP contribution >= 0.6 is 0 Å². The predicted octanol–water partition coefficient (Wildman–Crippen LogP) is 3.22. The minimum Gasteiger partial charge on any atom is -0.349 e. The Hall–Kier alpha value is -1.31. The number of rotatable bonds is 2. The SMILES string of the molecule is Cc1ccc(C(=O)NC2CCC(C)C2)c(C)c1. The molecule has 1 fully saturated rings. The smallest absolute Gasteiger partial charge is 0.251 e. The molecule has 0 saturated heterocycles. The lowest BCUT2D eigenvalue weighted by Crippen LogP contribution is -2.33. The highest BCUT2D eigenvalue weighted by atomic mass is 16.1. The molecule has 1 aromatic rings. The average Bonchev–Trinajstić information content (AvgIpc) is 2.63. The fourth-order valence-electron chi connectivity index (χ4n) is 2.67. The lowest BCUT2D eigenvalue weighted by molar-refractivity contribution is 0.0936. The summed E-state index contributed by atoms with van der Waals surface area (Å²) in [6, 6.07) is 6.36. The van der Waals surface area contributed by atoms with Crippen molar-refractivity contribution in [3.05, 3.63) is 34.9 Å². The molecule has 0 aromatic heterocycles. The first-order chi connectivity index (χ1) is 8.06. The van der Waals surface area contributed by atoms with Gasteiger partial charge in [0, 0.05) is 11.6 Å². The molecular weight excluding hydrogens is 210 g/mol. The maximum Gasteiger partial charge on any atom is 0.251 e. The molecule has 2 heteroatoms. The minimum atomic E-state index is 0.0848. The molecule has 1 aromatic carbocycles. The van der Waals surface area contributed by atoms with E-state index in [9.17, 15) is 4.79 Å². The standard InChI is InChI=1S/C15H21NO/c1-10-5-7-14(12(3)8-10)15(17)16-13-6-4-11(2)9-13/h5,7-8,11,13H,4,6,9H2,1-3H3,(H,16,17). The molecule has 0 bridgehead atoms. The van der Waals surface area contributed by atoms with Crippen LogP contribution in [0.15, 0.2) is 18.2 Å². The van der Waals surface area contributed by atoms with Crippen molar-refractivity contribution in [3.8, 4) is 0 Å².